The van der Waals surface area contributed by atoms with Crippen LogP contribution in [-0.2, 0) is 0 Å². The normalized spacial score (nSPS) is 15.9. The van der Waals surface area contributed by atoms with E-state index in [0.717, 1.165) is 18.4 Å². The quantitative estimate of drug-likeness (QED) is 0.902. The molecule has 1 saturated heterocycles. The van der Waals surface area contributed by atoms with Gasteiger partial charge in [-0.1, -0.05) is 11.6 Å². The summed E-state index contributed by atoms with van der Waals surface area (Å²) in [6.07, 6.45) is 1.67. The van der Waals surface area contributed by atoms with Gasteiger partial charge >= 0.3 is 6.03 Å². The number of piperidine rings is 1. The topological polar surface area (TPSA) is 61.8 Å². The van der Waals surface area contributed by atoms with E-state index in [9.17, 15) is 4.79 Å². The minimum Gasteiger partial charge on any atom is -0.495 e. The monoisotopic (exact) mass is 312 g/mol. The number of aryl methyl sites for hydroxylation is 1. The van der Waals surface area contributed by atoms with E-state index in [1.807, 2.05) is 6.92 Å². The number of carbonyl (C=O) groups excluding carboxylic acids is 1. The second-order valence-corrected chi connectivity index (χ2v) is 5.75. The molecule has 2 amide bonds. The van der Waals surface area contributed by atoms with Crippen molar-refractivity contribution in [2.75, 3.05) is 32.1 Å². The van der Waals surface area contributed by atoms with Crippen molar-refractivity contribution in [3.8, 4) is 5.75 Å². The van der Waals surface area contributed by atoms with Crippen LogP contribution >= 0.6 is 11.6 Å². The number of rotatable bonds is 3. The van der Waals surface area contributed by atoms with Gasteiger partial charge in [-0.25, -0.2) is 4.79 Å². The van der Waals surface area contributed by atoms with E-state index in [4.69, 9.17) is 21.4 Å². The summed E-state index contributed by atoms with van der Waals surface area (Å²) in [5.41, 5.74) is 1.50. The van der Waals surface area contributed by atoms with Crippen LogP contribution in [0.4, 0.5) is 10.5 Å². The molecule has 21 heavy (non-hydrogen) atoms. The maximum atomic E-state index is 12.3. The van der Waals surface area contributed by atoms with E-state index in [1.165, 1.54) is 0 Å². The molecule has 116 valence electrons. The summed E-state index contributed by atoms with van der Waals surface area (Å²) in [5.74, 6) is 0.852. The Labute approximate surface area is 129 Å². The van der Waals surface area contributed by atoms with Gasteiger partial charge in [-0.3, -0.25) is 0 Å². The summed E-state index contributed by atoms with van der Waals surface area (Å²) in [6, 6.07) is 3.36. The number of amides is 2. The molecule has 2 rings (SSSR count). The largest absolute Gasteiger partial charge is 0.495 e. The number of nitrogens with zero attached hydrogens (tertiary/aromatic N) is 1. The van der Waals surface area contributed by atoms with E-state index in [-0.39, 0.29) is 12.6 Å². The van der Waals surface area contributed by atoms with Crippen LogP contribution < -0.4 is 10.1 Å². The molecule has 0 saturated carbocycles. The number of carbonyl (C=O) groups is 1. The van der Waals surface area contributed by atoms with Gasteiger partial charge in [0.15, 0.2) is 0 Å². The molecule has 0 aliphatic carbocycles. The zero-order valence-corrected chi connectivity index (χ0v) is 13.1. The van der Waals surface area contributed by atoms with Gasteiger partial charge in [-0.15, -0.1) is 0 Å². The predicted molar refractivity (Wildman–Crippen MR) is 83.1 cm³/mol. The smallest absolute Gasteiger partial charge is 0.321 e. The van der Waals surface area contributed by atoms with Gasteiger partial charge in [-0.2, -0.15) is 0 Å². The Morgan fingerprint density at radius 2 is 2.14 bits per heavy atom. The van der Waals surface area contributed by atoms with E-state index in [0.29, 0.717) is 35.5 Å². The van der Waals surface area contributed by atoms with Crippen molar-refractivity contribution >= 4 is 23.3 Å². The summed E-state index contributed by atoms with van der Waals surface area (Å²) in [6.45, 7) is 3.39. The van der Waals surface area contributed by atoms with Crippen LogP contribution in [-0.4, -0.2) is 42.8 Å². The van der Waals surface area contributed by atoms with Crippen LogP contribution in [0.2, 0.25) is 5.02 Å². The van der Waals surface area contributed by atoms with Crippen LogP contribution in [0.1, 0.15) is 18.4 Å². The molecular formula is C15H21ClN2O3. The molecule has 1 aliphatic heterocycles. The lowest BCUT2D eigenvalue weighted by molar-refractivity contribution is 0.143. The molecule has 0 aromatic heterocycles. The molecular weight excluding hydrogens is 292 g/mol. The van der Waals surface area contributed by atoms with Crippen molar-refractivity contribution in [2.24, 2.45) is 5.92 Å². The van der Waals surface area contributed by atoms with Gasteiger partial charge in [0.05, 0.1) is 12.8 Å². The lowest BCUT2D eigenvalue weighted by atomic mass is 9.98. The lowest BCUT2D eigenvalue weighted by Crippen LogP contribution is -2.41. The van der Waals surface area contributed by atoms with Crippen molar-refractivity contribution in [1.29, 1.82) is 0 Å². The summed E-state index contributed by atoms with van der Waals surface area (Å²) in [4.78, 5) is 14.1. The number of urea groups is 1. The van der Waals surface area contributed by atoms with Gasteiger partial charge in [-0.05, 0) is 37.3 Å². The number of halogens is 1. The summed E-state index contributed by atoms with van der Waals surface area (Å²) < 4.78 is 5.25. The number of aliphatic hydroxyl groups excluding tert-OH is 1. The van der Waals surface area contributed by atoms with Gasteiger partial charge in [0.2, 0.25) is 0 Å². The minimum atomic E-state index is -0.147. The Morgan fingerprint density at radius 1 is 1.48 bits per heavy atom. The number of likely N-dealkylation sites (tertiary alicyclic amines) is 1. The van der Waals surface area contributed by atoms with E-state index >= 15 is 0 Å². The number of benzene rings is 1. The standard InChI is InChI=1S/C15H21ClN2O3/c1-10-7-13(14(21-2)8-12(10)16)17-15(20)18-5-3-11(9-19)4-6-18/h7-8,11,19H,3-6,9H2,1-2H3,(H,17,20). The predicted octanol–water partition coefficient (Wildman–Crippen LogP) is 2.89. The Morgan fingerprint density at radius 3 is 2.71 bits per heavy atom. The molecule has 1 fully saturated rings. The number of methoxy groups -OCH3 is 1. The minimum absolute atomic E-state index is 0.147. The molecule has 1 aliphatic rings. The van der Waals surface area contributed by atoms with Crippen molar-refractivity contribution in [3.05, 3.63) is 22.7 Å². The number of ether oxygens (including phenoxy) is 1. The van der Waals surface area contributed by atoms with E-state index in [2.05, 4.69) is 5.32 Å². The third-order valence-electron chi connectivity index (χ3n) is 3.88. The maximum Gasteiger partial charge on any atom is 0.321 e. The van der Waals surface area contributed by atoms with Gasteiger partial charge < -0.3 is 20.1 Å². The zero-order valence-electron chi connectivity index (χ0n) is 12.4. The van der Waals surface area contributed by atoms with Crippen molar-refractivity contribution in [3.63, 3.8) is 0 Å². The molecule has 0 spiro atoms. The first-order valence-corrected chi connectivity index (χ1v) is 7.44. The van der Waals surface area contributed by atoms with Crippen LogP contribution in [0.25, 0.3) is 0 Å². The number of hydrogen-bond acceptors (Lipinski definition) is 3. The average molecular weight is 313 g/mol. The fourth-order valence-electron chi connectivity index (χ4n) is 2.44. The van der Waals surface area contributed by atoms with Gasteiger partial charge in [0.25, 0.3) is 0 Å². The molecule has 0 radical (unpaired) electrons. The highest BCUT2D eigenvalue weighted by Crippen LogP contribution is 2.31. The van der Waals surface area contributed by atoms with Crippen molar-refractivity contribution < 1.29 is 14.6 Å². The Balaban J connectivity index is 2.04. The summed E-state index contributed by atoms with van der Waals surface area (Å²) >= 11 is 6.06. The SMILES string of the molecule is COc1cc(Cl)c(C)cc1NC(=O)N1CCC(CO)CC1. The highest BCUT2D eigenvalue weighted by atomic mass is 35.5. The fraction of sp³-hybridized carbons (Fsp3) is 0.533. The third-order valence-corrected chi connectivity index (χ3v) is 4.29. The van der Waals surface area contributed by atoms with Crippen molar-refractivity contribution in [1.82, 2.24) is 4.90 Å². The molecule has 0 bridgehead atoms. The molecule has 0 unspecified atom stereocenters. The first-order chi connectivity index (χ1) is 10.0. The molecule has 0 atom stereocenters. The average Bonchev–Trinajstić information content (AvgIpc) is 2.50. The molecule has 2 N–H and O–H groups in total. The second kappa shape index (κ2) is 7.00. The van der Waals surface area contributed by atoms with E-state index in [1.54, 1.807) is 24.1 Å². The molecule has 1 aromatic carbocycles. The van der Waals surface area contributed by atoms with Crippen molar-refractivity contribution in [2.45, 2.75) is 19.8 Å². The second-order valence-electron chi connectivity index (χ2n) is 5.34. The highest BCUT2D eigenvalue weighted by Gasteiger charge is 2.23. The molecule has 5 nitrogen and oxygen atoms in total. The molecule has 1 heterocycles. The number of aliphatic hydroxyl groups is 1. The number of nitrogens with one attached hydrogen (secondary N) is 1. The van der Waals surface area contributed by atoms with Crippen LogP contribution in [0.15, 0.2) is 12.1 Å². The fourth-order valence-corrected chi connectivity index (χ4v) is 2.60. The number of hydrogen-bond donors (Lipinski definition) is 2. The lowest BCUT2D eigenvalue weighted by Gasteiger charge is -2.31. The third kappa shape index (κ3) is 3.80. The summed E-state index contributed by atoms with van der Waals surface area (Å²) in [5, 5.41) is 12.6. The van der Waals surface area contributed by atoms with Gasteiger partial charge in [0.1, 0.15) is 5.75 Å². The zero-order chi connectivity index (χ0) is 15.4. The molecule has 1 aromatic rings. The molecule has 6 heteroatoms. The maximum absolute atomic E-state index is 12.3. The highest BCUT2D eigenvalue weighted by molar-refractivity contribution is 6.31. The first-order valence-electron chi connectivity index (χ1n) is 7.06. The number of anilines is 1. The Bertz CT molecular complexity index is 514. The first kappa shape index (κ1) is 15.9. The van der Waals surface area contributed by atoms with Crippen LogP contribution in [0.3, 0.4) is 0 Å². The Kier molecular flexibility index (Phi) is 5.31. The Hall–Kier alpha value is -1.46. The summed E-state index contributed by atoms with van der Waals surface area (Å²) in [7, 11) is 1.55. The van der Waals surface area contributed by atoms with E-state index < -0.39 is 0 Å². The van der Waals surface area contributed by atoms with Gasteiger partial charge in [0, 0.05) is 30.8 Å². The van der Waals surface area contributed by atoms with Crippen LogP contribution in [0.5, 0.6) is 5.75 Å². The van der Waals surface area contributed by atoms with Crippen LogP contribution in [0, 0.1) is 12.8 Å².